The number of nitrogens with zero attached hydrogens (tertiary/aromatic N) is 3. The van der Waals surface area contributed by atoms with Gasteiger partial charge in [0.1, 0.15) is 27.4 Å². The van der Waals surface area contributed by atoms with E-state index < -0.39 is 18.0 Å². The van der Waals surface area contributed by atoms with E-state index in [1.165, 1.54) is 18.4 Å². The smallest absolute Gasteiger partial charge is 0.348 e. The van der Waals surface area contributed by atoms with E-state index in [1.807, 2.05) is 6.92 Å². The number of aryl methyl sites for hydroxylation is 2. The highest BCUT2D eigenvalue weighted by Gasteiger charge is 2.34. The Morgan fingerprint density at radius 3 is 2.74 bits per heavy atom. The van der Waals surface area contributed by atoms with Crippen molar-refractivity contribution in [3.05, 3.63) is 16.3 Å². The van der Waals surface area contributed by atoms with Crippen LogP contribution in [0.1, 0.15) is 33.9 Å². The quantitative estimate of drug-likeness (QED) is 0.859. The lowest BCUT2D eigenvalue weighted by Crippen LogP contribution is -2.36. The molecule has 1 saturated heterocycles. The molecule has 3 heterocycles. The normalized spacial score (nSPS) is 17.7. The van der Waals surface area contributed by atoms with Crippen molar-refractivity contribution in [2.45, 2.75) is 32.7 Å². The number of hydrogen-bond donors (Lipinski definition) is 1. The number of anilines is 1. The van der Waals surface area contributed by atoms with Crippen molar-refractivity contribution in [1.29, 1.82) is 0 Å². The van der Waals surface area contributed by atoms with E-state index in [0.29, 0.717) is 34.3 Å². The number of rotatable bonds is 3. The van der Waals surface area contributed by atoms with Crippen molar-refractivity contribution in [2.75, 3.05) is 18.6 Å². The Hall–Kier alpha value is -2.22. The number of thiophene rings is 1. The van der Waals surface area contributed by atoms with Crippen molar-refractivity contribution in [2.24, 2.45) is 0 Å². The predicted octanol–water partition coefficient (Wildman–Crippen LogP) is 2.15. The summed E-state index contributed by atoms with van der Waals surface area (Å²) in [6.07, 6.45) is 1.39. The molecule has 23 heavy (non-hydrogen) atoms. The molecule has 0 aliphatic carbocycles. The van der Waals surface area contributed by atoms with Gasteiger partial charge in [0.15, 0.2) is 0 Å². The predicted molar refractivity (Wildman–Crippen MR) is 86.2 cm³/mol. The van der Waals surface area contributed by atoms with Crippen LogP contribution in [0, 0.1) is 13.8 Å². The van der Waals surface area contributed by atoms with E-state index in [1.54, 1.807) is 11.8 Å². The largest absolute Gasteiger partial charge is 0.480 e. The molecule has 7 nitrogen and oxygen atoms in total. The van der Waals surface area contributed by atoms with Crippen molar-refractivity contribution in [3.8, 4) is 0 Å². The summed E-state index contributed by atoms with van der Waals surface area (Å²) in [4.78, 5) is 35.3. The number of carbonyl (C=O) groups excluding carboxylic acids is 1. The van der Waals surface area contributed by atoms with Crippen LogP contribution < -0.4 is 4.90 Å². The molecule has 0 saturated carbocycles. The number of carbonyl (C=O) groups is 2. The number of esters is 1. The maximum atomic E-state index is 11.9. The molecule has 122 valence electrons. The first kappa shape index (κ1) is 15.7. The summed E-state index contributed by atoms with van der Waals surface area (Å²) in [6.45, 7) is 4.21. The number of carboxylic acids is 1. The number of ether oxygens (including phenoxy) is 1. The molecule has 0 bridgehead atoms. The van der Waals surface area contributed by atoms with Gasteiger partial charge in [-0.15, -0.1) is 11.3 Å². The van der Waals surface area contributed by atoms with Crippen LogP contribution in [-0.4, -0.2) is 46.7 Å². The second kappa shape index (κ2) is 5.77. The van der Waals surface area contributed by atoms with Gasteiger partial charge in [0.25, 0.3) is 0 Å². The Morgan fingerprint density at radius 1 is 1.35 bits per heavy atom. The Morgan fingerprint density at radius 2 is 2.09 bits per heavy atom. The van der Waals surface area contributed by atoms with Crippen LogP contribution in [0.2, 0.25) is 0 Å². The molecule has 0 radical (unpaired) electrons. The SMILES string of the molecule is COC(=O)c1sc2nc(C)nc(N3CCC[C@@H]3C(=O)O)c2c1C. The minimum atomic E-state index is -0.854. The highest BCUT2D eigenvalue weighted by atomic mass is 32.1. The van der Waals surface area contributed by atoms with Gasteiger partial charge in [0.2, 0.25) is 0 Å². The van der Waals surface area contributed by atoms with Crippen molar-refractivity contribution >= 4 is 39.3 Å². The molecule has 1 aliphatic heterocycles. The molecule has 2 aromatic rings. The Balaban J connectivity index is 2.22. The van der Waals surface area contributed by atoms with E-state index in [0.717, 1.165) is 17.4 Å². The third kappa shape index (κ3) is 2.52. The average Bonchev–Trinajstić information content (AvgIpc) is 3.11. The Bertz CT molecular complexity index is 802. The Kier molecular flexibility index (Phi) is 3.93. The van der Waals surface area contributed by atoms with Crippen molar-refractivity contribution in [3.63, 3.8) is 0 Å². The topological polar surface area (TPSA) is 92.6 Å². The second-order valence-corrected chi connectivity index (χ2v) is 6.51. The molecule has 1 N–H and O–H groups in total. The average molecular weight is 335 g/mol. The van der Waals surface area contributed by atoms with E-state index in [-0.39, 0.29) is 0 Å². The fraction of sp³-hybridized carbons (Fsp3) is 0.467. The molecule has 1 fully saturated rings. The standard InChI is InChI=1S/C15H17N3O4S/c1-7-10-12(18-6-4-5-9(18)14(19)20)16-8(2)17-13(10)23-11(7)15(21)22-3/h9H,4-6H2,1-3H3,(H,19,20)/t9-/m1/s1. The lowest BCUT2D eigenvalue weighted by atomic mass is 10.1. The summed E-state index contributed by atoms with van der Waals surface area (Å²) in [6, 6.07) is -0.589. The summed E-state index contributed by atoms with van der Waals surface area (Å²) < 4.78 is 4.82. The number of methoxy groups -OCH3 is 1. The molecule has 1 atom stereocenters. The first-order chi connectivity index (χ1) is 10.9. The summed E-state index contributed by atoms with van der Waals surface area (Å²) in [5, 5.41) is 10.2. The third-order valence-corrected chi connectivity index (χ3v) is 5.23. The van der Waals surface area contributed by atoms with E-state index in [2.05, 4.69) is 9.97 Å². The summed E-state index contributed by atoms with van der Waals surface area (Å²) in [7, 11) is 1.34. The minimum absolute atomic E-state index is 0.412. The highest BCUT2D eigenvalue weighted by molar-refractivity contribution is 7.20. The number of carboxylic acid groups (broad SMARTS) is 1. The lowest BCUT2D eigenvalue weighted by molar-refractivity contribution is -0.138. The monoisotopic (exact) mass is 335 g/mol. The fourth-order valence-electron chi connectivity index (χ4n) is 2.99. The molecular weight excluding hydrogens is 318 g/mol. The summed E-state index contributed by atoms with van der Waals surface area (Å²) in [5.74, 6) is -0.110. The van der Waals surface area contributed by atoms with E-state index >= 15 is 0 Å². The number of aliphatic carboxylic acids is 1. The maximum Gasteiger partial charge on any atom is 0.348 e. The molecule has 0 aromatic carbocycles. The fourth-order valence-corrected chi connectivity index (χ4v) is 4.13. The molecule has 1 aliphatic rings. The lowest BCUT2D eigenvalue weighted by Gasteiger charge is -2.23. The van der Waals surface area contributed by atoms with Crippen LogP contribution in [0.3, 0.4) is 0 Å². The minimum Gasteiger partial charge on any atom is -0.480 e. The first-order valence-corrected chi connectivity index (χ1v) is 8.11. The van der Waals surface area contributed by atoms with Crippen LogP contribution in [0.5, 0.6) is 0 Å². The van der Waals surface area contributed by atoms with Gasteiger partial charge in [-0.25, -0.2) is 19.6 Å². The second-order valence-electron chi connectivity index (χ2n) is 5.51. The summed E-state index contributed by atoms with van der Waals surface area (Å²) >= 11 is 1.25. The van der Waals surface area contributed by atoms with Gasteiger partial charge in [-0.3, -0.25) is 0 Å². The molecular formula is C15H17N3O4S. The van der Waals surface area contributed by atoms with Gasteiger partial charge in [0, 0.05) is 6.54 Å². The third-order valence-electron chi connectivity index (χ3n) is 4.06. The van der Waals surface area contributed by atoms with Gasteiger partial charge in [-0.05, 0) is 32.3 Å². The summed E-state index contributed by atoms with van der Waals surface area (Å²) in [5.41, 5.74) is 0.739. The molecule has 0 amide bonds. The van der Waals surface area contributed by atoms with Crippen LogP contribution in [0.4, 0.5) is 5.82 Å². The van der Waals surface area contributed by atoms with Crippen LogP contribution in [0.25, 0.3) is 10.2 Å². The number of hydrogen-bond acceptors (Lipinski definition) is 7. The maximum absolute atomic E-state index is 11.9. The molecule has 8 heteroatoms. The first-order valence-electron chi connectivity index (χ1n) is 7.29. The highest BCUT2D eigenvalue weighted by Crippen LogP contribution is 2.38. The van der Waals surface area contributed by atoms with E-state index in [9.17, 15) is 14.7 Å². The van der Waals surface area contributed by atoms with Crippen LogP contribution in [0.15, 0.2) is 0 Å². The van der Waals surface area contributed by atoms with Crippen molar-refractivity contribution < 1.29 is 19.4 Å². The zero-order valence-corrected chi connectivity index (χ0v) is 13.9. The zero-order chi connectivity index (χ0) is 16.7. The zero-order valence-electron chi connectivity index (χ0n) is 13.1. The molecule has 0 spiro atoms. The van der Waals surface area contributed by atoms with Crippen LogP contribution in [-0.2, 0) is 9.53 Å². The van der Waals surface area contributed by atoms with Gasteiger partial charge in [-0.1, -0.05) is 0 Å². The number of fused-ring (bicyclic) bond motifs is 1. The number of aromatic nitrogens is 2. The molecule has 2 aromatic heterocycles. The van der Waals surface area contributed by atoms with Gasteiger partial charge in [-0.2, -0.15) is 0 Å². The van der Waals surface area contributed by atoms with E-state index in [4.69, 9.17) is 4.74 Å². The molecule has 3 rings (SSSR count). The Labute approximate surface area is 136 Å². The molecule has 0 unspecified atom stereocenters. The van der Waals surface area contributed by atoms with Gasteiger partial charge < -0.3 is 14.7 Å². The van der Waals surface area contributed by atoms with Crippen LogP contribution >= 0.6 is 11.3 Å². The van der Waals surface area contributed by atoms with Gasteiger partial charge in [0.05, 0.1) is 12.5 Å². The van der Waals surface area contributed by atoms with Crippen molar-refractivity contribution in [1.82, 2.24) is 9.97 Å². The van der Waals surface area contributed by atoms with Gasteiger partial charge >= 0.3 is 11.9 Å².